The third-order valence-corrected chi connectivity index (χ3v) is 4.39. The van der Waals surface area contributed by atoms with Crippen LogP contribution in [0, 0.1) is 13.8 Å². The lowest BCUT2D eigenvalue weighted by molar-refractivity contribution is -0.118. The summed E-state index contributed by atoms with van der Waals surface area (Å²) in [6.45, 7) is 5.78. The number of hydrogen-bond donors (Lipinski definition) is 1. The Bertz CT molecular complexity index is 930. The fourth-order valence-electron chi connectivity index (χ4n) is 3.21. The number of anilines is 1. The van der Waals surface area contributed by atoms with Gasteiger partial charge in [0.25, 0.3) is 0 Å². The maximum Gasteiger partial charge on any atom is 0.240 e. The van der Waals surface area contributed by atoms with Crippen LogP contribution in [0.1, 0.15) is 22.9 Å². The summed E-state index contributed by atoms with van der Waals surface area (Å²) in [5.74, 6) is 1.49. The number of amides is 1. The van der Waals surface area contributed by atoms with Crippen molar-refractivity contribution in [2.75, 3.05) is 25.0 Å². The van der Waals surface area contributed by atoms with Gasteiger partial charge in [-0.25, -0.2) is 9.97 Å². The van der Waals surface area contributed by atoms with Gasteiger partial charge < -0.3 is 9.84 Å². The second-order valence-corrected chi connectivity index (χ2v) is 6.84. The number of benzene rings is 1. The van der Waals surface area contributed by atoms with Crippen LogP contribution in [0.4, 0.5) is 5.69 Å². The fraction of sp³-hybridized carbons (Fsp3) is 0.316. The van der Waals surface area contributed by atoms with E-state index in [2.05, 4.69) is 31.5 Å². The quantitative estimate of drug-likeness (QED) is 0.741. The molecule has 1 saturated heterocycles. The molecule has 0 saturated carbocycles. The maximum absolute atomic E-state index is 12.2. The van der Waals surface area contributed by atoms with E-state index in [1.807, 2.05) is 30.9 Å². The molecule has 1 aliphatic rings. The molecular weight excluding hydrogens is 344 g/mol. The van der Waals surface area contributed by atoms with Crippen molar-refractivity contribution < 1.29 is 9.32 Å². The Balaban J connectivity index is 1.29. The van der Waals surface area contributed by atoms with Gasteiger partial charge in [0.2, 0.25) is 23.4 Å². The second-order valence-electron chi connectivity index (χ2n) is 6.84. The van der Waals surface area contributed by atoms with Crippen molar-refractivity contribution in [1.29, 1.82) is 0 Å². The Hall–Kier alpha value is -3.13. The molecule has 1 aliphatic heterocycles. The van der Waals surface area contributed by atoms with E-state index in [-0.39, 0.29) is 11.8 Å². The number of carbonyl (C=O) groups excluding carboxylic acids is 1. The Labute approximate surface area is 156 Å². The molecule has 0 spiro atoms. The highest BCUT2D eigenvalue weighted by atomic mass is 16.5. The average Bonchev–Trinajstić information content (AvgIpc) is 3.07. The number of carbonyl (C=O) groups is 1. The Morgan fingerprint density at radius 2 is 1.85 bits per heavy atom. The first-order chi connectivity index (χ1) is 13.1. The molecule has 2 aromatic heterocycles. The molecule has 8 heteroatoms. The van der Waals surface area contributed by atoms with Crippen molar-refractivity contribution in [2.24, 2.45) is 0 Å². The summed E-state index contributed by atoms with van der Waals surface area (Å²) in [7, 11) is 0. The molecule has 1 aromatic carbocycles. The van der Waals surface area contributed by atoms with Crippen LogP contribution < -0.4 is 5.32 Å². The first-order valence-corrected chi connectivity index (χ1v) is 8.78. The Morgan fingerprint density at radius 1 is 1.15 bits per heavy atom. The highest BCUT2D eigenvalue weighted by Gasteiger charge is 2.33. The van der Waals surface area contributed by atoms with E-state index in [0.29, 0.717) is 37.2 Å². The maximum atomic E-state index is 12.2. The molecule has 0 aliphatic carbocycles. The first-order valence-electron chi connectivity index (χ1n) is 8.78. The molecule has 3 aromatic rings. The predicted octanol–water partition coefficient (Wildman–Crippen LogP) is 2.18. The van der Waals surface area contributed by atoms with Gasteiger partial charge in [0, 0.05) is 31.2 Å². The SMILES string of the molecule is Cc1cc(C)cc(NC(=O)CN2CC(c3nc(-c4ncccn4)no3)C2)c1. The van der Waals surface area contributed by atoms with E-state index in [1.54, 1.807) is 18.5 Å². The third kappa shape index (κ3) is 4.01. The van der Waals surface area contributed by atoms with Crippen molar-refractivity contribution in [3.63, 3.8) is 0 Å². The van der Waals surface area contributed by atoms with E-state index in [4.69, 9.17) is 4.52 Å². The van der Waals surface area contributed by atoms with Crippen molar-refractivity contribution in [3.8, 4) is 11.6 Å². The molecule has 8 nitrogen and oxygen atoms in total. The van der Waals surface area contributed by atoms with Crippen molar-refractivity contribution in [1.82, 2.24) is 25.0 Å². The van der Waals surface area contributed by atoms with Crippen LogP contribution in [0.5, 0.6) is 0 Å². The molecule has 3 heterocycles. The van der Waals surface area contributed by atoms with Crippen LogP contribution in [0.15, 0.2) is 41.2 Å². The molecule has 27 heavy (non-hydrogen) atoms. The van der Waals surface area contributed by atoms with Crippen LogP contribution in [-0.4, -0.2) is 50.5 Å². The zero-order valence-corrected chi connectivity index (χ0v) is 15.2. The number of likely N-dealkylation sites (tertiary alicyclic amines) is 1. The van der Waals surface area contributed by atoms with Crippen LogP contribution >= 0.6 is 0 Å². The average molecular weight is 364 g/mol. The zero-order chi connectivity index (χ0) is 18.8. The molecule has 0 bridgehead atoms. The summed E-state index contributed by atoms with van der Waals surface area (Å²) in [6, 6.07) is 7.75. The van der Waals surface area contributed by atoms with E-state index >= 15 is 0 Å². The van der Waals surface area contributed by atoms with Gasteiger partial charge in [-0.3, -0.25) is 9.69 Å². The summed E-state index contributed by atoms with van der Waals surface area (Å²) in [5, 5.41) is 6.89. The normalized spacial score (nSPS) is 14.7. The summed E-state index contributed by atoms with van der Waals surface area (Å²) in [4.78, 5) is 26.9. The van der Waals surface area contributed by atoms with Gasteiger partial charge >= 0.3 is 0 Å². The Kier molecular flexibility index (Phi) is 4.64. The summed E-state index contributed by atoms with van der Waals surface area (Å²) in [6.07, 6.45) is 3.27. The number of nitrogens with one attached hydrogen (secondary N) is 1. The van der Waals surface area contributed by atoms with Crippen molar-refractivity contribution in [2.45, 2.75) is 19.8 Å². The van der Waals surface area contributed by atoms with Gasteiger partial charge in [0.1, 0.15) is 0 Å². The number of aromatic nitrogens is 4. The molecule has 1 fully saturated rings. The topological polar surface area (TPSA) is 97.0 Å². The van der Waals surface area contributed by atoms with E-state index in [9.17, 15) is 4.79 Å². The molecule has 4 rings (SSSR count). The smallest absolute Gasteiger partial charge is 0.240 e. The highest BCUT2D eigenvalue weighted by Crippen LogP contribution is 2.26. The van der Waals surface area contributed by atoms with Crippen molar-refractivity contribution in [3.05, 3.63) is 53.7 Å². The number of rotatable bonds is 5. The molecular formula is C19H20N6O2. The fourth-order valence-corrected chi connectivity index (χ4v) is 3.21. The van der Waals surface area contributed by atoms with Crippen molar-refractivity contribution >= 4 is 11.6 Å². The number of aryl methyl sites for hydroxylation is 2. The number of nitrogens with zero attached hydrogens (tertiary/aromatic N) is 5. The van der Waals surface area contributed by atoms with Crippen LogP contribution in [0.2, 0.25) is 0 Å². The van der Waals surface area contributed by atoms with Gasteiger partial charge in [-0.1, -0.05) is 11.2 Å². The lowest BCUT2D eigenvalue weighted by atomic mass is 10.0. The van der Waals surface area contributed by atoms with Gasteiger partial charge in [0.05, 0.1) is 12.5 Å². The summed E-state index contributed by atoms with van der Waals surface area (Å²) < 4.78 is 5.33. The van der Waals surface area contributed by atoms with Crippen LogP contribution in [-0.2, 0) is 4.79 Å². The van der Waals surface area contributed by atoms with Crippen LogP contribution in [0.25, 0.3) is 11.6 Å². The molecule has 1 amide bonds. The second kappa shape index (κ2) is 7.24. The first kappa shape index (κ1) is 17.3. The lowest BCUT2D eigenvalue weighted by Gasteiger charge is -2.36. The van der Waals surface area contributed by atoms with E-state index in [1.165, 1.54) is 0 Å². The highest BCUT2D eigenvalue weighted by molar-refractivity contribution is 5.92. The molecule has 0 radical (unpaired) electrons. The summed E-state index contributed by atoms with van der Waals surface area (Å²) in [5.41, 5.74) is 3.09. The monoisotopic (exact) mass is 364 g/mol. The molecule has 138 valence electrons. The minimum Gasteiger partial charge on any atom is -0.338 e. The summed E-state index contributed by atoms with van der Waals surface area (Å²) >= 11 is 0. The Morgan fingerprint density at radius 3 is 2.56 bits per heavy atom. The van der Waals surface area contributed by atoms with Gasteiger partial charge in [-0.05, 0) is 43.2 Å². The van der Waals surface area contributed by atoms with Gasteiger partial charge in [-0.15, -0.1) is 0 Å². The standard InChI is InChI=1S/C19H20N6O2/c1-12-6-13(2)8-15(7-12)22-16(26)11-25-9-14(10-25)19-23-18(24-27-19)17-20-4-3-5-21-17/h3-8,14H,9-11H2,1-2H3,(H,22,26). The molecule has 1 N–H and O–H groups in total. The molecule has 0 atom stereocenters. The number of hydrogen-bond acceptors (Lipinski definition) is 7. The lowest BCUT2D eigenvalue weighted by Crippen LogP contribution is -2.48. The largest absolute Gasteiger partial charge is 0.338 e. The minimum absolute atomic E-state index is 0.0256. The molecule has 0 unspecified atom stereocenters. The zero-order valence-electron chi connectivity index (χ0n) is 15.2. The predicted molar refractivity (Wildman–Crippen MR) is 99.1 cm³/mol. The van der Waals surface area contributed by atoms with Crippen LogP contribution in [0.3, 0.4) is 0 Å². The minimum atomic E-state index is -0.0256. The van der Waals surface area contributed by atoms with Gasteiger partial charge in [0.15, 0.2) is 0 Å². The van der Waals surface area contributed by atoms with E-state index < -0.39 is 0 Å². The third-order valence-electron chi connectivity index (χ3n) is 4.39. The van der Waals surface area contributed by atoms with E-state index in [0.717, 1.165) is 16.8 Å². The van der Waals surface area contributed by atoms with Gasteiger partial charge in [-0.2, -0.15) is 4.98 Å².